The van der Waals surface area contributed by atoms with E-state index in [2.05, 4.69) is 34.0 Å². The molecule has 1 aliphatic heterocycles. The van der Waals surface area contributed by atoms with E-state index in [0.29, 0.717) is 5.92 Å². The number of carbonyl (C=O) groups is 1. The highest BCUT2D eigenvalue weighted by Gasteiger charge is 2.31. The first kappa shape index (κ1) is 19.0. The molecule has 2 aromatic heterocycles. The summed E-state index contributed by atoms with van der Waals surface area (Å²) >= 11 is 0. The van der Waals surface area contributed by atoms with Crippen LogP contribution in [0.3, 0.4) is 0 Å². The van der Waals surface area contributed by atoms with Crippen molar-refractivity contribution in [1.82, 2.24) is 9.97 Å². The minimum absolute atomic E-state index is 0. The van der Waals surface area contributed by atoms with Crippen molar-refractivity contribution in [3.05, 3.63) is 18.0 Å². The summed E-state index contributed by atoms with van der Waals surface area (Å²) in [7, 11) is 0. The topological polar surface area (TPSA) is 87.0 Å². The highest BCUT2D eigenvalue weighted by molar-refractivity contribution is 6.08. The zero-order valence-electron chi connectivity index (χ0n) is 15.4. The van der Waals surface area contributed by atoms with Crippen molar-refractivity contribution >= 4 is 40.7 Å². The molecule has 7 heteroatoms. The van der Waals surface area contributed by atoms with Gasteiger partial charge in [0.1, 0.15) is 5.65 Å². The molecule has 0 bridgehead atoms. The first-order valence-electron chi connectivity index (χ1n) is 9.36. The minimum atomic E-state index is 0. The van der Waals surface area contributed by atoms with Crippen LogP contribution in [0, 0.1) is 5.92 Å². The molecule has 0 spiro atoms. The summed E-state index contributed by atoms with van der Waals surface area (Å²) in [6.45, 7) is 6.21. The largest absolute Gasteiger partial charge is 0.369 e. The predicted octanol–water partition coefficient (Wildman–Crippen LogP) is 3.38. The number of amides is 1. The van der Waals surface area contributed by atoms with Crippen LogP contribution in [0.1, 0.15) is 51.0 Å². The number of fused-ring (bicyclic) bond motifs is 1. The maximum Gasteiger partial charge on any atom is 0.227 e. The average molecular weight is 378 g/mol. The van der Waals surface area contributed by atoms with Gasteiger partial charge in [-0.05, 0) is 37.2 Å². The van der Waals surface area contributed by atoms with Gasteiger partial charge in [-0.3, -0.25) is 4.79 Å². The molecule has 1 saturated heterocycles. The maximum absolute atomic E-state index is 12.3. The molecule has 26 heavy (non-hydrogen) atoms. The Balaban J connectivity index is 0.00000196. The monoisotopic (exact) mass is 377 g/mol. The first-order valence-corrected chi connectivity index (χ1v) is 9.36. The van der Waals surface area contributed by atoms with Gasteiger partial charge in [0.2, 0.25) is 5.91 Å². The van der Waals surface area contributed by atoms with Crippen molar-refractivity contribution < 1.29 is 4.79 Å². The summed E-state index contributed by atoms with van der Waals surface area (Å²) in [4.78, 5) is 22.5. The zero-order valence-corrected chi connectivity index (χ0v) is 16.2. The number of H-pyrrole nitrogens is 1. The number of hydrogen-bond acceptors (Lipinski definition) is 4. The van der Waals surface area contributed by atoms with Crippen LogP contribution in [-0.2, 0) is 4.79 Å². The van der Waals surface area contributed by atoms with Gasteiger partial charge in [-0.15, -0.1) is 12.4 Å². The van der Waals surface area contributed by atoms with Gasteiger partial charge in [-0.1, -0.05) is 13.8 Å². The highest BCUT2D eigenvalue weighted by Crippen LogP contribution is 2.40. The number of halogens is 1. The normalized spacial score (nSPS) is 20.3. The summed E-state index contributed by atoms with van der Waals surface area (Å²) in [6, 6.07) is 0.195. The molecule has 4 rings (SSSR count). The molecule has 142 valence electrons. The third-order valence-electron chi connectivity index (χ3n) is 5.30. The third-order valence-corrected chi connectivity index (χ3v) is 5.30. The number of piperidine rings is 1. The second kappa shape index (κ2) is 7.45. The molecule has 1 atom stereocenters. The van der Waals surface area contributed by atoms with E-state index in [1.54, 1.807) is 0 Å². The van der Waals surface area contributed by atoms with Gasteiger partial charge in [0.25, 0.3) is 0 Å². The van der Waals surface area contributed by atoms with E-state index in [-0.39, 0.29) is 30.3 Å². The Morgan fingerprint density at radius 1 is 1.38 bits per heavy atom. The quantitative estimate of drug-likeness (QED) is 0.762. The SMILES string of the molecule is CC(C)c1cnc2[nH]cc(NC(=O)C3CC3)c2c1N1CCC[C@@H](N)C1.Cl. The number of hydrogen-bond donors (Lipinski definition) is 3. The molecule has 0 unspecified atom stereocenters. The second-order valence-corrected chi connectivity index (χ2v) is 7.75. The van der Waals surface area contributed by atoms with E-state index in [0.717, 1.165) is 55.5 Å². The molecule has 1 saturated carbocycles. The Hall–Kier alpha value is -1.79. The van der Waals surface area contributed by atoms with E-state index >= 15 is 0 Å². The highest BCUT2D eigenvalue weighted by atomic mass is 35.5. The number of anilines is 2. The second-order valence-electron chi connectivity index (χ2n) is 7.75. The standard InChI is InChI=1S/C19H27N5O.ClH/c1-11(2)14-8-21-18-16(17(14)24-7-3-4-13(20)10-24)15(9-22-18)23-19(25)12-5-6-12;/h8-9,11-13H,3-7,10,20H2,1-2H3,(H,21,22)(H,23,25);1H/t13-;/m1./s1. The molecule has 2 fully saturated rings. The smallest absolute Gasteiger partial charge is 0.227 e. The lowest BCUT2D eigenvalue weighted by molar-refractivity contribution is -0.117. The van der Waals surface area contributed by atoms with Crippen LogP contribution < -0.4 is 16.0 Å². The number of rotatable bonds is 4. The molecule has 3 heterocycles. The Morgan fingerprint density at radius 2 is 2.15 bits per heavy atom. The Kier molecular flexibility index (Phi) is 5.44. The lowest BCUT2D eigenvalue weighted by atomic mass is 9.97. The molecular weight excluding hydrogens is 350 g/mol. The lowest BCUT2D eigenvalue weighted by Crippen LogP contribution is -2.43. The number of nitrogens with one attached hydrogen (secondary N) is 2. The van der Waals surface area contributed by atoms with E-state index < -0.39 is 0 Å². The van der Waals surface area contributed by atoms with Gasteiger partial charge in [0.15, 0.2) is 0 Å². The van der Waals surface area contributed by atoms with Crippen LogP contribution >= 0.6 is 12.4 Å². The van der Waals surface area contributed by atoms with E-state index in [9.17, 15) is 4.79 Å². The van der Waals surface area contributed by atoms with Crippen molar-refractivity contribution in [2.75, 3.05) is 23.3 Å². The van der Waals surface area contributed by atoms with Gasteiger partial charge in [-0.25, -0.2) is 4.98 Å². The minimum Gasteiger partial charge on any atom is -0.369 e. The number of nitrogens with zero attached hydrogens (tertiary/aromatic N) is 2. The molecule has 4 N–H and O–H groups in total. The molecule has 2 aromatic rings. The number of carbonyl (C=O) groups excluding carboxylic acids is 1. The fourth-order valence-corrected chi connectivity index (χ4v) is 3.75. The van der Waals surface area contributed by atoms with Crippen LogP contribution in [0.2, 0.25) is 0 Å². The number of aromatic nitrogens is 2. The van der Waals surface area contributed by atoms with Crippen molar-refractivity contribution in [3.8, 4) is 0 Å². The van der Waals surface area contributed by atoms with Gasteiger partial charge < -0.3 is 20.9 Å². The third kappa shape index (κ3) is 3.53. The summed E-state index contributed by atoms with van der Waals surface area (Å²) < 4.78 is 0. The van der Waals surface area contributed by atoms with Crippen molar-refractivity contribution in [3.63, 3.8) is 0 Å². The molecule has 6 nitrogen and oxygen atoms in total. The van der Waals surface area contributed by atoms with E-state index in [1.807, 2.05) is 12.4 Å². The first-order chi connectivity index (χ1) is 12.0. The van der Waals surface area contributed by atoms with Crippen LogP contribution in [0.4, 0.5) is 11.4 Å². The van der Waals surface area contributed by atoms with Crippen molar-refractivity contribution in [2.45, 2.75) is 51.5 Å². The van der Waals surface area contributed by atoms with Crippen molar-refractivity contribution in [1.29, 1.82) is 0 Å². The van der Waals surface area contributed by atoms with Gasteiger partial charge in [-0.2, -0.15) is 0 Å². The predicted molar refractivity (Wildman–Crippen MR) is 108 cm³/mol. The van der Waals surface area contributed by atoms with Crippen LogP contribution in [0.15, 0.2) is 12.4 Å². The summed E-state index contributed by atoms with van der Waals surface area (Å²) in [5.74, 6) is 0.655. The fourth-order valence-electron chi connectivity index (χ4n) is 3.75. The fraction of sp³-hybridized carbons (Fsp3) is 0.579. The van der Waals surface area contributed by atoms with Gasteiger partial charge >= 0.3 is 0 Å². The molecule has 2 aliphatic rings. The van der Waals surface area contributed by atoms with Crippen LogP contribution in [0.25, 0.3) is 11.0 Å². The molecular formula is C19H28ClN5O. The Morgan fingerprint density at radius 3 is 2.81 bits per heavy atom. The maximum atomic E-state index is 12.3. The van der Waals surface area contributed by atoms with E-state index in [1.165, 1.54) is 11.3 Å². The van der Waals surface area contributed by atoms with Gasteiger partial charge in [0, 0.05) is 37.4 Å². The molecule has 0 aromatic carbocycles. The summed E-state index contributed by atoms with van der Waals surface area (Å²) in [5.41, 5.74) is 10.3. The molecule has 1 aliphatic carbocycles. The summed E-state index contributed by atoms with van der Waals surface area (Å²) in [6.07, 6.45) is 7.99. The Bertz CT molecular complexity index is 799. The molecule has 1 amide bonds. The number of aromatic amines is 1. The molecule has 0 radical (unpaired) electrons. The number of nitrogens with two attached hydrogens (primary N) is 1. The Labute approximate surface area is 160 Å². The number of pyridine rings is 1. The van der Waals surface area contributed by atoms with Crippen LogP contribution in [0.5, 0.6) is 0 Å². The zero-order chi connectivity index (χ0) is 17.6. The van der Waals surface area contributed by atoms with Crippen molar-refractivity contribution in [2.24, 2.45) is 11.7 Å². The van der Waals surface area contributed by atoms with Crippen LogP contribution in [-0.4, -0.2) is 35.0 Å². The van der Waals surface area contributed by atoms with E-state index in [4.69, 9.17) is 5.73 Å². The van der Waals surface area contributed by atoms with Gasteiger partial charge in [0.05, 0.1) is 16.8 Å². The average Bonchev–Trinajstić information content (AvgIpc) is 3.36. The summed E-state index contributed by atoms with van der Waals surface area (Å²) in [5, 5.41) is 4.14. The lowest BCUT2D eigenvalue weighted by Gasteiger charge is -2.35.